The van der Waals surface area contributed by atoms with Crippen molar-refractivity contribution in [2.24, 2.45) is 0 Å². The highest BCUT2D eigenvalue weighted by Gasteiger charge is 2.22. The van der Waals surface area contributed by atoms with Crippen LogP contribution in [0.4, 0.5) is 14.5 Å². The van der Waals surface area contributed by atoms with Gasteiger partial charge in [-0.05, 0) is 25.0 Å². The highest BCUT2D eigenvalue weighted by Crippen LogP contribution is 2.24. The molecule has 0 unspecified atom stereocenters. The van der Waals surface area contributed by atoms with Crippen molar-refractivity contribution in [2.45, 2.75) is 18.9 Å². The van der Waals surface area contributed by atoms with Crippen LogP contribution in [0.25, 0.3) is 0 Å². The van der Waals surface area contributed by atoms with E-state index >= 15 is 0 Å². The first-order valence-corrected chi connectivity index (χ1v) is 9.40. The molecule has 1 aliphatic rings. The monoisotopic (exact) mass is 343 g/mol. The van der Waals surface area contributed by atoms with E-state index in [0.29, 0.717) is 32.5 Å². The maximum absolute atomic E-state index is 13.9. The quantitative estimate of drug-likeness (QED) is 0.882. The predicted molar refractivity (Wildman–Crippen MR) is 83.9 cm³/mol. The molecule has 5 nitrogen and oxygen atoms in total. The van der Waals surface area contributed by atoms with Gasteiger partial charge in [-0.1, -0.05) is 0 Å². The number of anilines is 1. The van der Waals surface area contributed by atoms with Gasteiger partial charge in [0.1, 0.15) is 15.5 Å². The summed E-state index contributed by atoms with van der Waals surface area (Å²) in [5, 5.41) is 11.5. The van der Waals surface area contributed by atoms with Crippen LogP contribution in [0.1, 0.15) is 18.4 Å². The number of nitrogens with one attached hydrogen (secondary N) is 1. The van der Waals surface area contributed by atoms with Crippen LogP contribution in [0.3, 0.4) is 0 Å². The van der Waals surface area contributed by atoms with Gasteiger partial charge in [0.25, 0.3) is 0 Å². The van der Waals surface area contributed by atoms with E-state index in [0.717, 1.165) is 12.1 Å². The summed E-state index contributed by atoms with van der Waals surface area (Å²) in [4.78, 5) is 2.03. The first kappa shape index (κ1) is 17.6. The van der Waals surface area contributed by atoms with Gasteiger partial charge in [-0.2, -0.15) is 5.26 Å². The maximum Gasteiger partial charge on any atom is 0.150 e. The zero-order valence-electron chi connectivity index (χ0n) is 12.8. The van der Waals surface area contributed by atoms with E-state index in [-0.39, 0.29) is 23.0 Å². The number of rotatable bonds is 5. The molecule has 0 aliphatic carbocycles. The summed E-state index contributed by atoms with van der Waals surface area (Å²) in [6, 6.07) is 3.64. The van der Waals surface area contributed by atoms with E-state index in [1.807, 2.05) is 4.90 Å². The Balaban J connectivity index is 1.91. The van der Waals surface area contributed by atoms with E-state index in [9.17, 15) is 17.2 Å². The molecule has 2 rings (SSSR count). The van der Waals surface area contributed by atoms with Crippen molar-refractivity contribution in [2.75, 3.05) is 37.0 Å². The fourth-order valence-corrected chi connectivity index (χ4v) is 3.17. The van der Waals surface area contributed by atoms with Gasteiger partial charge in [-0.3, -0.25) is 0 Å². The Hall–Kier alpha value is -1.72. The molecule has 23 heavy (non-hydrogen) atoms. The van der Waals surface area contributed by atoms with Gasteiger partial charge in [-0.25, -0.2) is 17.2 Å². The third-order valence-electron chi connectivity index (χ3n) is 3.89. The predicted octanol–water partition coefficient (Wildman–Crippen LogP) is 1.76. The largest absolute Gasteiger partial charge is 0.377 e. The van der Waals surface area contributed by atoms with E-state index in [2.05, 4.69) is 5.32 Å². The number of nitriles is 1. The van der Waals surface area contributed by atoms with Gasteiger partial charge < -0.3 is 10.2 Å². The lowest BCUT2D eigenvalue weighted by molar-refractivity contribution is 0.230. The first-order valence-electron chi connectivity index (χ1n) is 7.34. The third-order valence-corrected chi connectivity index (χ3v) is 4.81. The highest BCUT2D eigenvalue weighted by atomic mass is 32.2. The molecule has 0 saturated carbocycles. The molecule has 1 aromatic carbocycles. The molecule has 0 aromatic heterocycles. The second kappa shape index (κ2) is 7.23. The Morgan fingerprint density at radius 3 is 2.35 bits per heavy atom. The summed E-state index contributed by atoms with van der Waals surface area (Å²) in [7, 11) is -2.99. The summed E-state index contributed by atoms with van der Waals surface area (Å²) >= 11 is 0. The summed E-state index contributed by atoms with van der Waals surface area (Å²) in [6.45, 7) is 1.82. The van der Waals surface area contributed by atoms with Crippen LogP contribution in [0, 0.1) is 23.0 Å². The van der Waals surface area contributed by atoms with Gasteiger partial charge >= 0.3 is 0 Å². The van der Waals surface area contributed by atoms with Crippen molar-refractivity contribution < 1.29 is 17.2 Å². The van der Waals surface area contributed by atoms with Crippen LogP contribution in [-0.4, -0.2) is 51.0 Å². The molecule has 1 N–H and O–H groups in total. The van der Waals surface area contributed by atoms with Gasteiger partial charge in [-0.15, -0.1) is 0 Å². The summed E-state index contributed by atoms with van der Waals surface area (Å²) < 4.78 is 50.0. The molecule has 0 spiro atoms. The average molecular weight is 343 g/mol. The molecular weight excluding hydrogens is 324 g/mol. The molecule has 0 radical (unpaired) electrons. The van der Waals surface area contributed by atoms with Crippen LogP contribution < -0.4 is 5.32 Å². The van der Waals surface area contributed by atoms with Crippen LogP contribution in [0.5, 0.6) is 0 Å². The van der Waals surface area contributed by atoms with Crippen molar-refractivity contribution in [1.82, 2.24) is 4.90 Å². The second-order valence-corrected chi connectivity index (χ2v) is 8.08. The zero-order valence-corrected chi connectivity index (χ0v) is 13.7. The molecule has 1 aliphatic heterocycles. The van der Waals surface area contributed by atoms with Crippen molar-refractivity contribution in [3.63, 3.8) is 0 Å². The van der Waals surface area contributed by atoms with Gasteiger partial charge in [0.2, 0.25) is 0 Å². The lowest BCUT2D eigenvalue weighted by Gasteiger charge is -2.32. The highest BCUT2D eigenvalue weighted by molar-refractivity contribution is 7.90. The van der Waals surface area contributed by atoms with E-state index in [1.165, 1.54) is 6.26 Å². The summed E-state index contributed by atoms with van der Waals surface area (Å²) in [5.74, 6) is -1.44. The van der Waals surface area contributed by atoms with Crippen molar-refractivity contribution in [3.8, 4) is 6.07 Å². The Morgan fingerprint density at radius 1 is 1.30 bits per heavy atom. The van der Waals surface area contributed by atoms with E-state index < -0.39 is 21.5 Å². The average Bonchev–Trinajstić information content (AvgIpc) is 2.49. The van der Waals surface area contributed by atoms with Gasteiger partial charge in [0, 0.05) is 31.9 Å². The smallest absolute Gasteiger partial charge is 0.150 e. The van der Waals surface area contributed by atoms with Crippen LogP contribution in [0.15, 0.2) is 12.1 Å². The molecule has 126 valence electrons. The number of nitrogens with zero attached hydrogens (tertiary/aromatic N) is 2. The Bertz CT molecular complexity index is 685. The number of hydrogen-bond acceptors (Lipinski definition) is 5. The number of piperidine rings is 1. The normalized spacial score (nSPS) is 17.0. The summed E-state index contributed by atoms with van der Waals surface area (Å²) in [6.07, 6.45) is 2.54. The number of halogens is 2. The maximum atomic E-state index is 13.9. The van der Waals surface area contributed by atoms with Crippen molar-refractivity contribution in [1.29, 1.82) is 5.26 Å². The minimum atomic E-state index is -2.99. The van der Waals surface area contributed by atoms with Gasteiger partial charge in [0.15, 0.2) is 11.6 Å². The number of benzene rings is 1. The molecule has 1 aromatic rings. The standard InChI is InChI=1S/C15H19F2N3O2S/c1-23(21,22)7-6-20-4-2-12(3-5-20)19-15-13(16)8-11(10-18)9-14(15)17/h8-9,12,19H,2-7H2,1H3. The molecular formula is C15H19F2N3O2S. The van der Waals surface area contributed by atoms with E-state index in [4.69, 9.17) is 5.26 Å². The molecule has 0 atom stereocenters. The second-order valence-electron chi connectivity index (χ2n) is 5.82. The molecule has 8 heteroatoms. The van der Waals surface area contributed by atoms with Crippen molar-refractivity contribution in [3.05, 3.63) is 29.3 Å². The van der Waals surface area contributed by atoms with Gasteiger partial charge in [0.05, 0.1) is 17.4 Å². The number of likely N-dealkylation sites (tertiary alicyclic amines) is 1. The first-order chi connectivity index (χ1) is 10.8. The lowest BCUT2D eigenvalue weighted by atomic mass is 10.0. The van der Waals surface area contributed by atoms with Crippen LogP contribution >= 0.6 is 0 Å². The molecule has 1 heterocycles. The minimum Gasteiger partial charge on any atom is -0.377 e. The minimum absolute atomic E-state index is 0.0545. The topological polar surface area (TPSA) is 73.2 Å². The number of sulfone groups is 1. The third kappa shape index (κ3) is 5.15. The SMILES string of the molecule is CS(=O)(=O)CCN1CCC(Nc2c(F)cc(C#N)cc2F)CC1. The van der Waals surface area contributed by atoms with Crippen LogP contribution in [-0.2, 0) is 9.84 Å². The fraction of sp³-hybridized carbons (Fsp3) is 0.533. The Kier molecular flexibility index (Phi) is 5.55. The van der Waals surface area contributed by atoms with E-state index in [1.54, 1.807) is 6.07 Å². The number of hydrogen-bond donors (Lipinski definition) is 1. The molecule has 0 amide bonds. The molecule has 1 saturated heterocycles. The molecule has 0 bridgehead atoms. The Labute approximate surface area is 134 Å². The fourth-order valence-electron chi connectivity index (χ4n) is 2.58. The lowest BCUT2D eigenvalue weighted by Crippen LogP contribution is -2.41. The van der Waals surface area contributed by atoms with Crippen LogP contribution in [0.2, 0.25) is 0 Å². The molecule has 1 fully saturated rings. The van der Waals surface area contributed by atoms with Crippen molar-refractivity contribution >= 4 is 15.5 Å². The Morgan fingerprint density at radius 2 is 1.87 bits per heavy atom. The summed E-state index contributed by atoms with van der Waals surface area (Å²) in [5.41, 5.74) is -0.264. The zero-order chi connectivity index (χ0) is 17.0.